The predicted octanol–water partition coefficient (Wildman–Crippen LogP) is 3.73. The van der Waals surface area contributed by atoms with Crippen LogP contribution in [0.4, 0.5) is 0 Å². The number of halogens is 1. The second kappa shape index (κ2) is 9.23. The van der Waals surface area contributed by atoms with Crippen LogP contribution in [0.2, 0.25) is 5.02 Å². The minimum Gasteiger partial charge on any atom is -0.497 e. The number of nitrogens with one attached hydrogen (secondary N) is 1. The number of nitrogens with zero attached hydrogens (tertiary/aromatic N) is 3. The van der Waals surface area contributed by atoms with E-state index in [-0.39, 0.29) is 41.2 Å². The molecule has 0 bridgehead atoms. The zero-order valence-electron chi connectivity index (χ0n) is 17.6. The normalized spacial score (nSPS) is 11.0. The molecule has 164 valence electrons. The summed E-state index contributed by atoms with van der Waals surface area (Å²) in [7, 11) is 1.53. The highest BCUT2D eigenvalue weighted by molar-refractivity contribution is 6.33. The average molecular weight is 453 g/mol. The van der Waals surface area contributed by atoms with E-state index in [0.29, 0.717) is 22.9 Å². The maximum Gasteiger partial charge on any atom is 0.266 e. The van der Waals surface area contributed by atoms with Crippen molar-refractivity contribution in [3.05, 3.63) is 75.3 Å². The van der Waals surface area contributed by atoms with Gasteiger partial charge < -0.3 is 14.6 Å². The Morgan fingerprint density at radius 2 is 2.09 bits per heavy atom. The fourth-order valence-electron chi connectivity index (χ4n) is 3.37. The Morgan fingerprint density at radius 1 is 1.25 bits per heavy atom. The van der Waals surface area contributed by atoms with Crippen molar-refractivity contribution in [3.63, 3.8) is 0 Å². The Balaban J connectivity index is 1.53. The summed E-state index contributed by atoms with van der Waals surface area (Å²) >= 11 is 6.32. The number of benzene rings is 2. The van der Waals surface area contributed by atoms with E-state index in [0.717, 1.165) is 11.1 Å². The summed E-state index contributed by atoms with van der Waals surface area (Å²) in [5, 5.41) is 7.46. The van der Waals surface area contributed by atoms with Crippen molar-refractivity contribution >= 4 is 28.6 Å². The lowest BCUT2D eigenvalue weighted by Gasteiger charge is -2.08. The van der Waals surface area contributed by atoms with Crippen LogP contribution in [-0.2, 0) is 17.9 Å². The standard InChI is InChI=1S/C23H21ClN4O4/c1-14-4-3-5-15(10-14)12-25-19(29)8-9-28-13-26-22-20(23(28)30)21(27-32-22)17-11-16(31-2)6-7-18(17)24/h3-7,10-11,13H,8-9,12H2,1-2H3,(H,25,29). The van der Waals surface area contributed by atoms with Gasteiger partial charge in [0.25, 0.3) is 11.3 Å². The summed E-state index contributed by atoms with van der Waals surface area (Å²) in [6.45, 7) is 2.59. The van der Waals surface area contributed by atoms with Crippen molar-refractivity contribution in [1.82, 2.24) is 20.0 Å². The summed E-state index contributed by atoms with van der Waals surface area (Å²) in [6, 6.07) is 13.0. The second-order valence-corrected chi connectivity index (χ2v) is 7.72. The van der Waals surface area contributed by atoms with Crippen LogP contribution in [-0.4, -0.2) is 27.7 Å². The number of hydrogen-bond donors (Lipinski definition) is 1. The molecule has 2 aromatic heterocycles. The fourth-order valence-corrected chi connectivity index (χ4v) is 3.58. The molecular weight excluding hydrogens is 432 g/mol. The molecule has 4 aromatic rings. The molecule has 2 heterocycles. The number of carbonyl (C=O) groups is 1. The molecule has 0 aliphatic rings. The second-order valence-electron chi connectivity index (χ2n) is 7.32. The lowest BCUT2D eigenvalue weighted by atomic mass is 10.1. The van der Waals surface area contributed by atoms with Gasteiger partial charge in [-0.15, -0.1) is 0 Å². The summed E-state index contributed by atoms with van der Waals surface area (Å²) in [5.41, 5.74) is 2.66. The molecule has 2 aromatic carbocycles. The van der Waals surface area contributed by atoms with Crippen molar-refractivity contribution in [1.29, 1.82) is 0 Å². The number of rotatable bonds is 7. The summed E-state index contributed by atoms with van der Waals surface area (Å²) < 4.78 is 11.8. The SMILES string of the molecule is COc1ccc(Cl)c(-c2noc3ncn(CCC(=O)NCc4cccc(C)c4)c(=O)c23)c1. The van der Waals surface area contributed by atoms with Gasteiger partial charge in [0, 0.05) is 25.1 Å². The molecular formula is C23H21ClN4O4. The van der Waals surface area contributed by atoms with E-state index in [2.05, 4.69) is 15.5 Å². The maximum absolute atomic E-state index is 13.1. The van der Waals surface area contributed by atoms with Crippen molar-refractivity contribution in [2.24, 2.45) is 0 Å². The van der Waals surface area contributed by atoms with Crippen LogP contribution in [0.15, 0.2) is 58.1 Å². The first kappa shape index (κ1) is 21.6. The average Bonchev–Trinajstić information content (AvgIpc) is 3.22. The van der Waals surface area contributed by atoms with E-state index >= 15 is 0 Å². The van der Waals surface area contributed by atoms with Crippen LogP contribution < -0.4 is 15.6 Å². The molecule has 9 heteroatoms. The molecule has 0 unspecified atom stereocenters. The van der Waals surface area contributed by atoms with Crippen LogP contribution in [0.1, 0.15) is 17.5 Å². The van der Waals surface area contributed by atoms with Gasteiger partial charge >= 0.3 is 0 Å². The van der Waals surface area contributed by atoms with Gasteiger partial charge in [0.2, 0.25) is 5.91 Å². The zero-order valence-corrected chi connectivity index (χ0v) is 18.3. The lowest BCUT2D eigenvalue weighted by Crippen LogP contribution is -2.27. The number of ether oxygens (including phenoxy) is 1. The van der Waals surface area contributed by atoms with Crippen LogP contribution in [0.3, 0.4) is 0 Å². The molecule has 0 saturated heterocycles. The number of hydrogen-bond acceptors (Lipinski definition) is 6. The molecule has 32 heavy (non-hydrogen) atoms. The summed E-state index contributed by atoms with van der Waals surface area (Å²) in [6.07, 6.45) is 1.47. The van der Waals surface area contributed by atoms with Crippen LogP contribution in [0, 0.1) is 6.92 Å². The van der Waals surface area contributed by atoms with Gasteiger partial charge in [-0.3, -0.25) is 14.2 Å². The van der Waals surface area contributed by atoms with E-state index in [1.807, 2.05) is 31.2 Å². The molecule has 0 atom stereocenters. The molecule has 0 aliphatic heterocycles. The quantitative estimate of drug-likeness (QED) is 0.458. The van der Waals surface area contributed by atoms with Gasteiger partial charge in [-0.25, -0.2) is 4.98 Å². The predicted molar refractivity (Wildman–Crippen MR) is 121 cm³/mol. The maximum atomic E-state index is 13.1. The van der Waals surface area contributed by atoms with Crippen LogP contribution >= 0.6 is 11.6 Å². The Hall–Kier alpha value is -3.65. The van der Waals surface area contributed by atoms with Crippen LogP contribution in [0.25, 0.3) is 22.4 Å². The van der Waals surface area contributed by atoms with Crippen molar-refractivity contribution < 1.29 is 14.1 Å². The van der Waals surface area contributed by atoms with E-state index < -0.39 is 0 Å². The monoisotopic (exact) mass is 452 g/mol. The third-order valence-corrected chi connectivity index (χ3v) is 5.37. The van der Waals surface area contributed by atoms with Gasteiger partial charge in [-0.05, 0) is 30.7 Å². The van der Waals surface area contributed by atoms with E-state index in [4.69, 9.17) is 20.9 Å². The largest absolute Gasteiger partial charge is 0.497 e. The van der Waals surface area contributed by atoms with Gasteiger partial charge in [0.1, 0.15) is 23.2 Å². The fraction of sp³-hybridized carbons (Fsp3) is 0.217. The number of fused-ring (bicyclic) bond motifs is 1. The highest BCUT2D eigenvalue weighted by Crippen LogP contribution is 2.33. The van der Waals surface area contributed by atoms with E-state index in [1.165, 1.54) is 18.0 Å². The molecule has 1 amide bonds. The molecule has 0 aliphatic carbocycles. The smallest absolute Gasteiger partial charge is 0.266 e. The molecule has 0 radical (unpaired) electrons. The van der Waals surface area contributed by atoms with Crippen molar-refractivity contribution in [3.8, 4) is 17.0 Å². The third kappa shape index (κ3) is 4.50. The van der Waals surface area contributed by atoms with E-state index in [9.17, 15) is 9.59 Å². The van der Waals surface area contributed by atoms with Crippen molar-refractivity contribution in [2.45, 2.75) is 26.4 Å². The first-order chi connectivity index (χ1) is 15.5. The van der Waals surface area contributed by atoms with Gasteiger partial charge in [0.15, 0.2) is 0 Å². The molecule has 1 N–H and O–H groups in total. The molecule has 8 nitrogen and oxygen atoms in total. The molecule has 4 rings (SSSR count). The highest BCUT2D eigenvalue weighted by Gasteiger charge is 2.20. The molecule has 0 saturated carbocycles. The summed E-state index contributed by atoms with van der Waals surface area (Å²) in [4.78, 5) is 29.6. The molecule has 0 fully saturated rings. The topological polar surface area (TPSA) is 99.2 Å². The number of amides is 1. The first-order valence-corrected chi connectivity index (χ1v) is 10.3. The minimum absolute atomic E-state index is 0.101. The Morgan fingerprint density at radius 3 is 2.88 bits per heavy atom. The van der Waals surface area contributed by atoms with Crippen molar-refractivity contribution in [2.75, 3.05) is 7.11 Å². The minimum atomic E-state index is -0.364. The lowest BCUT2D eigenvalue weighted by molar-refractivity contribution is -0.121. The van der Waals surface area contributed by atoms with Gasteiger partial charge in [-0.1, -0.05) is 46.6 Å². The van der Waals surface area contributed by atoms with Gasteiger partial charge in [0.05, 0.1) is 12.1 Å². The Bertz CT molecular complexity index is 1350. The zero-order chi connectivity index (χ0) is 22.7. The number of carbonyl (C=O) groups excluding carboxylic acids is 1. The first-order valence-electron chi connectivity index (χ1n) is 9.97. The highest BCUT2D eigenvalue weighted by atomic mass is 35.5. The Labute approximate surface area is 188 Å². The van der Waals surface area contributed by atoms with Crippen LogP contribution in [0.5, 0.6) is 5.75 Å². The number of aryl methyl sites for hydroxylation is 2. The number of aromatic nitrogens is 3. The summed E-state index contributed by atoms with van der Waals surface area (Å²) in [5.74, 6) is 0.398. The molecule has 0 spiro atoms. The van der Waals surface area contributed by atoms with E-state index in [1.54, 1.807) is 18.2 Å². The third-order valence-electron chi connectivity index (χ3n) is 5.04. The number of methoxy groups -OCH3 is 1. The van der Waals surface area contributed by atoms with Gasteiger partial charge in [-0.2, -0.15) is 0 Å². The Kier molecular flexibility index (Phi) is 6.23.